The molecular formula is C20H32N4O. The van der Waals surface area contributed by atoms with Crippen LogP contribution in [0.2, 0.25) is 0 Å². The van der Waals surface area contributed by atoms with Gasteiger partial charge in [-0.2, -0.15) is 0 Å². The number of aromatic amines is 1. The Bertz CT molecular complexity index is 692. The summed E-state index contributed by atoms with van der Waals surface area (Å²) in [7, 11) is 4.06. The van der Waals surface area contributed by atoms with Gasteiger partial charge in [-0.1, -0.05) is 25.1 Å². The molecule has 0 aliphatic heterocycles. The summed E-state index contributed by atoms with van der Waals surface area (Å²) < 4.78 is 0. The molecule has 1 aromatic heterocycles. The zero-order chi connectivity index (χ0) is 18.4. The average Bonchev–Trinajstić information content (AvgIpc) is 2.98. The molecule has 5 heteroatoms. The minimum Gasteiger partial charge on any atom is -0.361 e. The largest absolute Gasteiger partial charge is 0.361 e. The van der Waals surface area contributed by atoms with Crippen LogP contribution in [-0.2, 0) is 12.8 Å². The van der Waals surface area contributed by atoms with E-state index in [0.29, 0.717) is 13.1 Å². The third-order valence-corrected chi connectivity index (χ3v) is 4.70. The Morgan fingerprint density at radius 3 is 2.64 bits per heavy atom. The van der Waals surface area contributed by atoms with Gasteiger partial charge in [0, 0.05) is 42.8 Å². The number of urea groups is 1. The van der Waals surface area contributed by atoms with E-state index in [1.807, 2.05) is 25.9 Å². The summed E-state index contributed by atoms with van der Waals surface area (Å²) in [6.07, 6.45) is 3.92. The van der Waals surface area contributed by atoms with Gasteiger partial charge in [-0.3, -0.25) is 0 Å². The highest BCUT2D eigenvalue weighted by atomic mass is 16.2. The van der Waals surface area contributed by atoms with Crippen LogP contribution in [0.3, 0.4) is 0 Å². The Morgan fingerprint density at radius 1 is 1.24 bits per heavy atom. The fourth-order valence-electron chi connectivity index (χ4n) is 3.46. The molecule has 2 amide bonds. The van der Waals surface area contributed by atoms with Crippen LogP contribution in [0.4, 0.5) is 4.79 Å². The number of aromatic nitrogens is 1. The number of aryl methyl sites for hydroxylation is 1. The van der Waals surface area contributed by atoms with Gasteiger partial charge < -0.3 is 20.1 Å². The van der Waals surface area contributed by atoms with Gasteiger partial charge in [-0.25, -0.2) is 4.79 Å². The Kier molecular flexibility index (Phi) is 6.88. The minimum atomic E-state index is 0.0194. The molecule has 0 radical (unpaired) electrons. The molecule has 5 nitrogen and oxygen atoms in total. The molecule has 1 heterocycles. The average molecular weight is 345 g/mol. The summed E-state index contributed by atoms with van der Waals surface area (Å²) in [6.45, 7) is 8.51. The summed E-state index contributed by atoms with van der Waals surface area (Å²) in [4.78, 5) is 19.9. The van der Waals surface area contributed by atoms with Crippen LogP contribution in [0.25, 0.3) is 10.9 Å². The molecule has 0 aliphatic rings. The first-order valence-electron chi connectivity index (χ1n) is 9.24. The maximum absolute atomic E-state index is 12.5. The van der Waals surface area contributed by atoms with Crippen molar-refractivity contribution in [3.05, 3.63) is 35.5 Å². The van der Waals surface area contributed by atoms with Gasteiger partial charge in [-0.15, -0.1) is 0 Å². The summed E-state index contributed by atoms with van der Waals surface area (Å²) in [6, 6.07) is 6.64. The quantitative estimate of drug-likeness (QED) is 0.772. The van der Waals surface area contributed by atoms with Crippen molar-refractivity contribution in [2.75, 3.05) is 33.7 Å². The number of nitrogens with zero attached hydrogens (tertiary/aromatic N) is 2. The van der Waals surface area contributed by atoms with E-state index in [-0.39, 0.29) is 12.1 Å². The van der Waals surface area contributed by atoms with E-state index in [9.17, 15) is 4.79 Å². The topological polar surface area (TPSA) is 51.4 Å². The van der Waals surface area contributed by atoms with Crippen molar-refractivity contribution in [2.24, 2.45) is 0 Å². The number of hydrogen-bond donors (Lipinski definition) is 2. The lowest BCUT2D eigenvalue weighted by molar-refractivity contribution is 0.169. The summed E-state index contributed by atoms with van der Waals surface area (Å²) in [5, 5.41) is 4.34. The first-order chi connectivity index (χ1) is 12.0. The number of carbonyl (C=O) groups excluding carboxylic acids is 1. The Labute approximate surface area is 151 Å². The molecule has 2 N–H and O–H groups in total. The third kappa shape index (κ3) is 4.75. The lowest BCUT2D eigenvalue weighted by Gasteiger charge is -2.30. The van der Waals surface area contributed by atoms with Crippen molar-refractivity contribution in [2.45, 2.75) is 39.7 Å². The third-order valence-electron chi connectivity index (χ3n) is 4.70. The van der Waals surface area contributed by atoms with Crippen LogP contribution in [0.5, 0.6) is 0 Å². The van der Waals surface area contributed by atoms with Crippen molar-refractivity contribution >= 4 is 16.9 Å². The van der Waals surface area contributed by atoms with Crippen LogP contribution >= 0.6 is 0 Å². The minimum absolute atomic E-state index is 0.0194. The van der Waals surface area contributed by atoms with Crippen molar-refractivity contribution in [1.29, 1.82) is 0 Å². The number of likely N-dealkylation sites (N-methyl/N-ethyl adjacent to an activating group) is 2. The van der Waals surface area contributed by atoms with E-state index in [0.717, 1.165) is 19.4 Å². The normalized spacial score (nSPS) is 12.6. The van der Waals surface area contributed by atoms with Gasteiger partial charge in [0.2, 0.25) is 0 Å². The molecule has 0 unspecified atom stereocenters. The Balaban J connectivity index is 1.95. The second-order valence-electron chi connectivity index (χ2n) is 6.89. The van der Waals surface area contributed by atoms with Crippen LogP contribution in [0.15, 0.2) is 24.4 Å². The highest BCUT2D eigenvalue weighted by Gasteiger charge is 2.18. The molecule has 1 aromatic carbocycles. The number of carbonyl (C=O) groups is 1. The van der Waals surface area contributed by atoms with Crippen LogP contribution < -0.4 is 5.32 Å². The van der Waals surface area contributed by atoms with Crippen molar-refractivity contribution in [3.8, 4) is 0 Å². The van der Waals surface area contributed by atoms with E-state index >= 15 is 0 Å². The van der Waals surface area contributed by atoms with E-state index in [2.05, 4.69) is 53.4 Å². The number of H-pyrrole nitrogens is 1. The number of hydrogen-bond acceptors (Lipinski definition) is 2. The Hall–Kier alpha value is -2.01. The molecule has 1 atom stereocenters. The molecule has 0 aliphatic carbocycles. The second-order valence-corrected chi connectivity index (χ2v) is 6.89. The van der Waals surface area contributed by atoms with E-state index < -0.39 is 0 Å². The van der Waals surface area contributed by atoms with E-state index in [4.69, 9.17) is 0 Å². The van der Waals surface area contributed by atoms with Crippen molar-refractivity contribution < 1.29 is 4.79 Å². The van der Waals surface area contributed by atoms with Gasteiger partial charge in [-0.05, 0) is 51.9 Å². The first-order valence-corrected chi connectivity index (χ1v) is 9.24. The predicted molar refractivity (Wildman–Crippen MR) is 105 cm³/mol. The molecule has 0 saturated heterocycles. The van der Waals surface area contributed by atoms with Gasteiger partial charge in [0.15, 0.2) is 0 Å². The number of nitrogens with one attached hydrogen (secondary N) is 2. The van der Waals surface area contributed by atoms with Crippen LogP contribution in [0.1, 0.15) is 31.9 Å². The number of amides is 2. The molecule has 0 spiro atoms. The second kappa shape index (κ2) is 8.90. The summed E-state index contributed by atoms with van der Waals surface area (Å²) >= 11 is 0. The Morgan fingerprint density at radius 2 is 2.00 bits per heavy atom. The lowest BCUT2D eigenvalue weighted by atomic mass is 10.1. The van der Waals surface area contributed by atoms with E-state index in [1.165, 1.54) is 22.0 Å². The standard InChI is InChI=1S/C20H32N4O/c1-6-16-9-8-10-18-17(13-22-19(16)18)11-12-21-20(25)24(7-2)15(3)14-23(4)5/h8-10,13,15,22H,6-7,11-12,14H2,1-5H3,(H,21,25)/t15-/m0/s1. The van der Waals surface area contributed by atoms with Crippen LogP contribution in [0, 0.1) is 0 Å². The monoisotopic (exact) mass is 344 g/mol. The fraction of sp³-hybridized carbons (Fsp3) is 0.550. The molecular weight excluding hydrogens is 312 g/mol. The van der Waals surface area contributed by atoms with Crippen molar-refractivity contribution in [1.82, 2.24) is 20.1 Å². The highest BCUT2D eigenvalue weighted by molar-refractivity contribution is 5.86. The fourth-order valence-corrected chi connectivity index (χ4v) is 3.46. The molecule has 0 bridgehead atoms. The zero-order valence-corrected chi connectivity index (χ0v) is 16.2. The van der Waals surface area contributed by atoms with E-state index in [1.54, 1.807) is 0 Å². The SMILES string of the molecule is CCc1cccc2c(CCNC(=O)N(CC)[C@@H](C)CN(C)C)c[nH]c12. The summed E-state index contributed by atoms with van der Waals surface area (Å²) in [5.74, 6) is 0. The lowest BCUT2D eigenvalue weighted by Crippen LogP contribution is -2.48. The molecule has 25 heavy (non-hydrogen) atoms. The first kappa shape index (κ1) is 19.3. The van der Waals surface area contributed by atoms with Gasteiger partial charge >= 0.3 is 6.03 Å². The predicted octanol–water partition coefficient (Wildman–Crippen LogP) is 3.25. The molecule has 138 valence electrons. The molecule has 2 rings (SSSR count). The van der Waals surface area contributed by atoms with Gasteiger partial charge in [0.05, 0.1) is 0 Å². The number of rotatable bonds is 8. The maximum atomic E-state index is 12.5. The maximum Gasteiger partial charge on any atom is 0.317 e. The summed E-state index contributed by atoms with van der Waals surface area (Å²) in [5.41, 5.74) is 3.82. The molecule has 0 saturated carbocycles. The van der Waals surface area contributed by atoms with Gasteiger partial charge in [0.1, 0.15) is 0 Å². The van der Waals surface area contributed by atoms with Gasteiger partial charge in [0.25, 0.3) is 0 Å². The van der Waals surface area contributed by atoms with Crippen LogP contribution in [-0.4, -0.2) is 60.6 Å². The number of fused-ring (bicyclic) bond motifs is 1. The molecule has 2 aromatic rings. The smallest absolute Gasteiger partial charge is 0.317 e. The number of benzene rings is 1. The zero-order valence-electron chi connectivity index (χ0n) is 16.2. The number of para-hydroxylation sites is 1. The highest BCUT2D eigenvalue weighted by Crippen LogP contribution is 2.22. The van der Waals surface area contributed by atoms with Crippen molar-refractivity contribution in [3.63, 3.8) is 0 Å². The molecule has 0 fully saturated rings.